The third-order valence-corrected chi connectivity index (χ3v) is 7.13. The standard InChI is InChI=1S/C22H30N2O4/c1-27-18-7-5-17(6-8-18)22(10-3-4-11-22)20(26)23-15-13-21(14-16-23)12-9-19(25)24(21)28-2/h5-8H,3-4,9-16H2,1-2H3. The smallest absolute Gasteiger partial charge is 0.246 e. The number of amides is 2. The molecule has 6 nitrogen and oxygen atoms in total. The van der Waals surface area contributed by atoms with Crippen LogP contribution in [-0.4, -0.2) is 54.6 Å². The zero-order valence-electron chi connectivity index (χ0n) is 16.9. The van der Waals surface area contributed by atoms with Gasteiger partial charge in [0, 0.05) is 19.5 Å². The van der Waals surface area contributed by atoms with Crippen molar-refractivity contribution >= 4 is 11.8 Å². The van der Waals surface area contributed by atoms with Gasteiger partial charge in [0.05, 0.1) is 25.2 Å². The van der Waals surface area contributed by atoms with Gasteiger partial charge < -0.3 is 9.64 Å². The molecule has 2 saturated heterocycles. The van der Waals surface area contributed by atoms with Crippen LogP contribution in [0, 0.1) is 0 Å². The monoisotopic (exact) mass is 386 g/mol. The molecule has 6 heteroatoms. The van der Waals surface area contributed by atoms with Crippen molar-refractivity contribution in [3.05, 3.63) is 29.8 Å². The lowest BCUT2D eigenvalue weighted by Crippen LogP contribution is -2.56. The van der Waals surface area contributed by atoms with E-state index in [2.05, 4.69) is 12.1 Å². The third-order valence-electron chi connectivity index (χ3n) is 7.13. The van der Waals surface area contributed by atoms with Gasteiger partial charge in [-0.15, -0.1) is 0 Å². The summed E-state index contributed by atoms with van der Waals surface area (Å²) in [6.45, 7) is 1.37. The van der Waals surface area contributed by atoms with E-state index in [0.717, 1.165) is 56.3 Å². The molecule has 2 aliphatic heterocycles. The van der Waals surface area contributed by atoms with Gasteiger partial charge in [-0.2, -0.15) is 0 Å². The Morgan fingerprint density at radius 2 is 1.61 bits per heavy atom. The lowest BCUT2D eigenvalue weighted by molar-refractivity contribution is -0.203. The zero-order chi connectivity index (χ0) is 19.8. The van der Waals surface area contributed by atoms with Crippen LogP contribution in [-0.2, 0) is 19.8 Å². The van der Waals surface area contributed by atoms with Crippen LogP contribution in [0.25, 0.3) is 0 Å². The number of carbonyl (C=O) groups excluding carboxylic acids is 2. The first-order chi connectivity index (χ1) is 13.5. The van der Waals surface area contributed by atoms with E-state index in [1.54, 1.807) is 19.3 Å². The first kappa shape index (κ1) is 19.2. The van der Waals surface area contributed by atoms with E-state index < -0.39 is 5.41 Å². The Morgan fingerprint density at radius 1 is 0.964 bits per heavy atom. The molecule has 1 aromatic rings. The molecule has 0 bridgehead atoms. The second-order valence-electron chi connectivity index (χ2n) is 8.40. The van der Waals surface area contributed by atoms with Gasteiger partial charge >= 0.3 is 0 Å². The maximum Gasteiger partial charge on any atom is 0.246 e. The minimum atomic E-state index is -0.413. The quantitative estimate of drug-likeness (QED) is 0.798. The molecule has 0 aromatic heterocycles. The summed E-state index contributed by atoms with van der Waals surface area (Å²) in [5, 5.41) is 1.57. The first-order valence-electron chi connectivity index (χ1n) is 10.4. The molecular formula is C22H30N2O4. The molecule has 2 amide bonds. The molecule has 3 fully saturated rings. The molecule has 0 radical (unpaired) electrons. The summed E-state index contributed by atoms with van der Waals surface area (Å²) in [5.74, 6) is 1.13. The van der Waals surface area contributed by atoms with Gasteiger partial charge in [0.2, 0.25) is 11.8 Å². The van der Waals surface area contributed by atoms with Gasteiger partial charge in [-0.3, -0.25) is 14.4 Å². The fraction of sp³-hybridized carbons (Fsp3) is 0.636. The fourth-order valence-electron chi connectivity index (χ4n) is 5.50. The summed E-state index contributed by atoms with van der Waals surface area (Å²) >= 11 is 0. The van der Waals surface area contributed by atoms with Crippen molar-refractivity contribution in [2.45, 2.75) is 62.3 Å². The fourth-order valence-corrected chi connectivity index (χ4v) is 5.50. The van der Waals surface area contributed by atoms with E-state index in [-0.39, 0.29) is 17.4 Å². The van der Waals surface area contributed by atoms with Gasteiger partial charge in [-0.1, -0.05) is 25.0 Å². The van der Waals surface area contributed by atoms with Gasteiger partial charge in [0.1, 0.15) is 5.75 Å². The number of nitrogens with zero attached hydrogens (tertiary/aromatic N) is 2. The molecule has 1 spiro atoms. The zero-order valence-corrected chi connectivity index (χ0v) is 16.9. The van der Waals surface area contributed by atoms with E-state index in [0.29, 0.717) is 19.5 Å². The van der Waals surface area contributed by atoms with Gasteiger partial charge in [-0.25, -0.2) is 5.06 Å². The van der Waals surface area contributed by atoms with E-state index in [1.165, 1.54) is 0 Å². The maximum atomic E-state index is 13.7. The number of methoxy groups -OCH3 is 1. The topological polar surface area (TPSA) is 59.1 Å². The Balaban J connectivity index is 1.52. The number of ether oxygens (including phenoxy) is 1. The highest BCUT2D eigenvalue weighted by atomic mass is 16.7. The van der Waals surface area contributed by atoms with E-state index in [4.69, 9.17) is 9.57 Å². The SMILES string of the molecule is COc1ccc(C2(C(=O)N3CCC4(CCC(=O)N4OC)CC3)CCCC2)cc1. The summed E-state index contributed by atoms with van der Waals surface area (Å²) < 4.78 is 5.29. The number of piperidine rings is 1. The predicted octanol–water partition coefficient (Wildman–Crippen LogP) is 3.05. The average molecular weight is 386 g/mol. The van der Waals surface area contributed by atoms with Crippen LogP contribution in [0.4, 0.5) is 0 Å². The minimum absolute atomic E-state index is 0.0628. The molecule has 4 rings (SSSR count). The molecule has 0 unspecified atom stereocenters. The second-order valence-corrected chi connectivity index (χ2v) is 8.40. The lowest BCUT2D eigenvalue weighted by atomic mass is 9.76. The number of benzene rings is 1. The van der Waals surface area contributed by atoms with Gasteiger partial charge in [0.25, 0.3) is 0 Å². The Hall–Kier alpha value is -2.08. The Morgan fingerprint density at radius 3 is 2.18 bits per heavy atom. The summed E-state index contributed by atoms with van der Waals surface area (Å²) in [6, 6.07) is 8.01. The minimum Gasteiger partial charge on any atom is -0.497 e. The van der Waals surface area contributed by atoms with Crippen LogP contribution in [0.3, 0.4) is 0 Å². The van der Waals surface area contributed by atoms with Crippen LogP contribution >= 0.6 is 0 Å². The number of hydrogen-bond donors (Lipinski definition) is 0. The predicted molar refractivity (Wildman–Crippen MR) is 105 cm³/mol. The van der Waals surface area contributed by atoms with E-state index in [1.807, 2.05) is 17.0 Å². The molecule has 1 saturated carbocycles. The molecule has 2 heterocycles. The number of likely N-dealkylation sites (tertiary alicyclic amines) is 1. The third kappa shape index (κ3) is 2.98. The number of carbonyl (C=O) groups is 2. The molecule has 1 aromatic carbocycles. The van der Waals surface area contributed by atoms with Crippen molar-refractivity contribution < 1.29 is 19.2 Å². The molecule has 0 N–H and O–H groups in total. The molecule has 0 atom stereocenters. The Bertz CT molecular complexity index is 731. The van der Waals surface area contributed by atoms with Crippen molar-refractivity contribution in [2.24, 2.45) is 0 Å². The summed E-state index contributed by atoms with van der Waals surface area (Å²) in [7, 11) is 3.23. The van der Waals surface area contributed by atoms with Crippen molar-refractivity contribution in [1.82, 2.24) is 9.96 Å². The van der Waals surface area contributed by atoms with E-state index >= 15 is 0 Å². The molecule has 1 aliphatic carbocycles. The lowest BCUT2D eigenvalue weighted by Gasteiger charge is -2.45. The highest BCUT2D eigenvalue weighted by Crippen LogP contribution is 2.45. The van der Waals surface area contributed by atoms with Crippen LogP contribution < -0.4 is 4.74 Å². The summed E-state index contributed by atoms with van der Waals surface area (Å²) in [5.41, 5.74) is 0.458. The Kier molecular flexibility index (Phi) is 5.08. The number of hydrogen-bond acceptors (Lipinski definition) is 4. The summed E-state index contributed by atoms with van der Waals surface area (Å²) in [6.07, 6.45) is 6.92. The largest absolute Gasteiger partial charge is 0.497 e. The molecule has 3 aliphatic rings. The molecule has 28 heavy (non-hydrogen) atoms. The average Bonchev–Trinajstić information content (AvgIpc) is 3.34. The first-order valence-corrected chi connectivity index (χ1v) is 10.4. The number of hydroxylamine groups is 2. The maximum absolute atomic E-state index is 13.7. The van der Waals surface area contributed by atoms with Crippen molar-refractivity contribution in [1.29, 1.82) is 0 Å². The van der Waals surface area contributed by atoms with E-state index in [9.17, 15) is 9.59 Å². The van der Waals surface area contributed by atoms with Gasteiger partial charge in [0.15, 0.2) is 0 Å². The normalized spacial score (nSPS) is 23.4. The van der Waals surface area contributed by atoms with Crippen LogP contribution in [0.1, 0.15) is 56.9 Å². The second kappa shape index (κ2) is 7.39. The molecule has 152 valence electrons. The highest BCUT2D eigenvalue weighted by Gasteiger charge is 2.51. The van der Waals surface area contributed by atoms with Crippen molar-refractivity contribution in [3.63, 3.8) is 0 Å². The Labute approximate surface area is 166 Å². The summed E-state index contributed by atoms with van der Waals surface area (Å²) in [4.78, 5) is 33.2. The molecular weight excluding hydrogens is 356 g/mol. The van der Waals surface area contributed by atoms with Crippen molar-refractivity contribution in [2.75, 3.05) is 27.3 Å². The number of rotatable bonds is 4. The highest BCUT2D eigenvalue weighted by molar-refractivity contribution is 5.89. The van der Waals surface area contributed by atoms with Crippen LogP contribution in [0.15, 0.2) is 24.3 Å². The van der Waals surface area contributed by atoms with Gasteiger partial charge in [-0.05, 0) is 49.8 Å². The van der Waals surface area contributed by atoms with Crippen LogP contribution in [0.5, 0.6) is 5.75 Å². The van der Waals surface area contributed by atoms with Crippen molar-refractivity contribution in [3.8, 4) is 5.75 Å². The van der Waals surface area contributed by atoms with Crippen LogP contribution in [0.2, 0.25) is 0 Å².